The third-order valence-electron chi connectivity index (χ3n) is 2.60. The second kappa shape index (κ2) is 4.76. The van der Waals surface area contributed by atoms with Gasteiger partial charge in [-0.15, -0.1) is 0 Å². The van der Waals surface area contributed by atoms with E-state index in [4.69, 9.17) is 4.74 Å². The lowest BCUT2D eigenvalue weighted by Gasteiger charge is -2.38. The molecular weight excluding hydrogens is 218 g/mol. The standard InChI is InChI=1S/C13H11NO3/c1-9(15)17-11-8-6-4-2-3-5-7-10-12(11)14-13(10)16/h2,4,10-12H,7H2,1H3,(H,14,16)/b4-2-/t10-,11-,12+/m0/s1. The number of rotatable bonds is 1. The first kappa shape index (κ1) is 11.3. The predicted octanol–water partition coefficient (Wildman–Crippen LogP) is -0.000600. The van der Waals surface area contributed by atoms with Gasteiger partial charge in [-0.05, 0) is 12.2 Å². The van der Waals surface area contributed by atoms with Gasteiger partial charge in [-0.25, -0.2) is 0 Å². The Morgan fingerprint density at radius 2 is 2.24 bits per heavy atom. The maximum Gasteiger partial charge on any atom is 0.303 e. The van der Waals surface area contributed by atoms with Crippen molar-refractivity contribution in [3.05, 3.63) is 12.2 Å². The van der Waals surface area contributed by atoms with Crippen molar-refractivity contribution < 1.29 is 14.3 Å². The zero-order valence-electron chi connectivity index (χ0n) is 9.32. The predicted molar refractivity (Wildman–Crippen MR) is 60.3 cm³/mol. The minimum Gasteiger partial charge on any atom is -0.447 e. The molecule has 2 rings (SSSR count). The fourth-order valence-electron chi connectivity index (χ4n) is 1.76. The molecule has 1 saturated heterocycles. The molecule has 1 amide bonds. The van der Waals surface area contributed by atoms with Crippen LogP contribution in [0.5, 0.6) is 0 Å². The Kier molecular flexibility index (Phi) is 3.16. The highest BCUT2D eigenvalue weighted by Gasteiger charge is 2.44. The number of esters is 1. The highest BCUT2D eigenvalue weighted by molar-refractivity contribution is 5.86. The Bertz CT molecular complexity index is 498. The van der Waals surface area contributed by atoms with Gasteiger partial charge in [0.25, 0.3) is 0 Å². The van der Waals surface area contributed by atoms with E-state index in [9.17, 15) is 9.59 Å². The molecule has 0 spiro atoms. The fraction of sp³-hybridized carbons (Fsp3) is 0.385. The quantitative estimate of drug-likeness (QED) is 0.391. The summed E-state index contributed by atoms with van der Waals surface area (Å²) in [7, 11) is 0. The number of hydrogen-bond acceptors (Lipinski definition) is 3. The molecule has 1 aliphatic heterocycles. The summed E-state index contributed by atoms with van der Waals surface area (Å²) in [5, 5.41) is 2.71. The summed E-state index contributed by atoms with van der Waals surface area (Å²) in [6.45, 7) is 1.33. The minimum absolute atomic E-state index is 0.0622. The molecule has 4 heteroatoms. The van der Waals surface area contributed by atoms with Crippen molar-refractivity contribution in [2.24, 2.45) is 5.92 Å². The molecule has 0 aromatic rings. The normalized spacial score (nSPS) is 31.1. The lowest BCUT2D eigenvalue weighted by Crippen LogP contribution is -2.63. The van der Waals surface area contributed by atoms with Crippen molar-refractivity contribution in [3.8, 4) is 23.7 Å². The third kappa shape index (κ3) is 2.49. The molecule has 1 heterocycles. The molecule has 0 aromatic carbocycles. The number of ether oxygens (including phenoxy) is 1. The van der Waals surface area contributed by atoms with Crippen LogP contribution in [0, 0.1) is 29.6 Å². The van der Waals surface area contributed by atoms with Crippen LogP contribution in [-0.4, -0.2) is 24.0 Å². The van der Waals surface area contributed by atoms with E-state index in [1.54, 1.807) is 12.2 Å². The number of β-lactam (4-membered cyclic amide) rings is 1. The summed E-state index contributed by atoms with van der Waals surface area (Å²) >= 11 is 0. The van der Waals surface area contributed by atoms with Crippen LogP contribution in [0.25, 0.3) is 0 Å². The molecule has 3 atom stereocenters. The molecular formula is C13H11NO3. The van der Waals surface area contributed by atoms with Crippen LogP contribution in [0.3, 0.4) is 0 Å². The van der Waals surface area contributed by atoms with Crippen LogP contribution in [-0.2, 0) is 14.3 Å². The molecule has 1 N–H and O–H groups in total. The first-order valence-electron chi connectivity index (χ1n) is 5.30. The van der Waals surface area contributed by atoms with Crippen LogP contribution < -0.4 is 5.32 Å². The van der Waals surface area contributed by atoms with Crippen LogP contribution in [0.4, 0.5) is 0 Å². The molecule has 1 fully saturated rings. The lowest BCUT2D eigenvalue weighted by atomic mass is 9.84. The number of hydrogen-bond donors (Lipinski definition) is 1. The SMILES string of the molecule is CC(=O)O[C@H]1C#C/C=C\C#CC[C@@H]2C(=O)N[C@@H]12. The molecule has 1 aliphatic carbocycles. The third-order valence-corrected chi connectivity index (χ3v) is 2.60. The average molecular weight is 229 g/mol. The van der Waals surface area contributed by atoms with Gasteiger partial charge in [0.2, 0.25) is 5.91 Å². The van der Waals surface area contributed by atoms with Gasteiger partial charge in [-0.1, -0.05) is 23.7 Å². The van der Waals surface area contributed by atoms with Gasteiger partial charge in [0.05, 0.1) is 12.0 Å². The Morgan fingerprint density at radius 1 is 1.47 bits per heavy atom. The van der Waals surface area contributed by atoms with Gasteiger partial charge < -0.3 is 10.1 Å². The summed E-state index contributed by atoms with van der Waals surface area (Å²) in [5.41, 5.74) is 0. The van der Waals surface area contributed by atoms with Gasteiger partial charge in [-0.2, -0.15) is 0 Å². The zero-order chi connectivity index (χ0) is 12.3. The second-order valence-electron chi connectivity index (χ2n) is 3.82. The summed E-state index contributed by atoms with van der Waals surface area (Å²) < 4.78 is 5.10. The Hall–Kier alpha value is -2.20. The van der Waals surface area contributed by atoms with E-state index in [0.717, 1.165) is 0 Å². The summed E-state index contributed by atoms with van der Waals surface area (Å²) in [4.78, 5) is 22.3. The van der Waals surface area contributed by atoms with Crippen LogP contribution >= 0.6 is 0 Å². The highest BCUT2D eigenvalue weighted by Crippen LogP contribution is 2.23. The Labute approximate surface area is 99.4 Å². The van der Waals surface area contributed by atoms with E-state index in [0.29, 0.717) is 6.42 Å². The Morgan fingerprint density at radius 3 is 2.94 bits per heavy atom. The summed E-state index contributed by atoms with van der Waals surface area (Å²) in [6.07, 6.45) is 3.08. The van der Waals surface area contributed by atoms with E-state index in [1.165, 1.54) is 6.92 Å². The number of amides is 1. The number of fused-ring (bicyclic) bond motifs is 1. The maximum absolute atomic E-state index is 11.4. The van der Waals surface area contributed by atoms with Crippen molar-refractivity contribution >= 4 is 11.9 Å². The molecule has 0 aromatic heterocycles. The number of allylic oxidation sites excluding steroid dienone is 2. The lowest BCUT2D eigenvalue weighted by molar-refractivity contribution is -0.152. The van der Waals surface area contributed by atoms with E-state index in [1.807, 2.05) is 0 Å². The number of nitrogens with one attached hydrogen (secondary N) is 1. The molecule has 2 aliphatic rings. The molecule has 0 radical (unpaired) electrons. The van der Waals surface area contributed by atoms with Gasteiger partial charge in [0.15, 0.2) is 6.10 Å². The van der Waals surface area contributed by atoms with Gasteiger partial charge in [0, 0.05) is 13.3 Å². The molecule has 0 bridgehead atoms. The van der Waals surface area contributed by atoms with Crippen molar-refractivity contribution in [2.75, 3.05) is 0 Å². The van der Waals surface area contributed by atoms with E-state index < -0.39 is 12.1 Å². The topological polar surface area (TPSA) is 55.4 Å². The van der Waals surface area contributed by atoms with E-state index in [2.05, 4.69) is 29.0 Å². The van der Waals surface area contributed by atoms with Crippen molar-refractivity contribution in [1.29, 1.82) is 0 Å². The molecule has 0 saturated carbocycles. The molecule has 4 nitrogen and oxygen atoms in total. The van der Waals surface area contributed by atoms with Gasteiger partial charge in [-0.3, -0.25) is 9.59 Å². The highest BCUT2D eigenvalue weighted by atomic mass is 16.5. The largest absolute Gasteiger partial charge is 0.447 e. The average Bonchev–Trinajstić information content (AvgIpc) is 2.27. The zero-order valence-corrected chi connectivity index (χ0v) is 9.32. The molecule has 0 unspecified atom stereocenters. The molecule has 17 heavy (non-hydrogen) atoms. The molecule has 86 valence electrons. The van der Waals surface area contributed by atoms with Crippen molar-refractivity contribution in [3.63, 3.8) is 0 Å². The summed E-state index contributed by atoms with van der Waals surface area (Å²) in [6, 6.07) is -0.250. The second-order valence-corrected chi connectivity index (χ2v) is 3.82. The van der Waals surface area contributed by atoms with Crippen molar-refractivity contribution in [1.82, 2.24) is 5.32 Å². The minimum atomic E-state index is -0.597. The monoisotopic (exact) mass is 229 g/mol. The van der Waals surface area contributed by atoms with Crippen LogP contribution in [0.2, 0.25) is 0 Å². The maximum atomic E-state index is 11.4. The van der Waals surface area contributed by atoms with Gasteiger partial charge >= 0.3 is 5.97 Å². The van der Waals surface area contributed by atoms with Crippen LogP contribution in [0.15, 0.2) is 12.2 Å². The first-order chi connectivity index (χ1) is 8.18. The van der Waals surface area contributed by atoms with Crippen LogP contribution in [0.1, 0.15) is 13.3 Å². The Balaban J connectivity index is 2.21. The smallest absolute Gasteiger partial charge is 0.303 e. The summed E-state index contributed by atoms with van der Waals surface area (Å²) in [5.74, 6) is 10.5. The van der Waals surface area contributed by atoms with Crippen molar-refractivity contribution in [2.45, 2.75) is 25.5 Å². The number of carbonyl (C=O) groups is 2. The fourth-order valence-corrected chi connectivity index (χ4v) is 1.76. The van der Waals surface area contributed by atoms with E-state index >= 15 is 0 Å². The van der Waals surface area contributed by atoms with E-state index in [-0.39, 0.29) is 17.9 Å². The number of carbonyl (C=O) groups excluding carboxylic acids is 2. The van der Waals surface area contributed by atoms with Gasteiger partial charge in [0.1, 0.15) is 0 Å². The first-order valence-corrected chi connectivity index (χ1v) is 5.30.